The van der Waals surface area contributed by atoms with Crippen LogP contribution in [0.1, 0.15) is 32.1 Å². The van der Waals surface area contributed by atoms with Gasteiger partial charge in [-0.15, -0.1) is 0 Å². The zero-order chi connectivity index (χ0) is 14.1. The van der Waals surface area contributed by atoms with E-state index in [0.717, 1.165) is 25.0 Å². The third-order valence-corrected chi connectivity index (χ3v) is 6.24. The maximum Gasteiger partial charge on any atom is 0.102 e. The van der Waals surface area contributed by atoms with Gasteiger partial charge in [-0.05, 0) is 19.3 Å². The van der Waals surface area contributed by atoms with Gasteiger partial charge >= 0.3 is 0 Å². The molecule has 1 aliphatic carbocycles. The monoisotopic (exact) mass is 536 g/mol. The molecule has 3 fully saturated rings. The van der Waals surface area contributed by atoms with E-state index in [9.17, 15) is 0 Å². The summed E-state index contributed by atoms with van der Waals surface area (Å²) in [6, 6.07) is 0. The maximum atomic E-state index is 5.51. The Morgan fingerprint density at radius 1 is 0.864 bits per heavy atom. The second kappa shape index (κ2) is 9.15. The summed E-state index contributed by atoms with van der Waals surface area (Å²) in [5.74, 6) is 2.08. The van der Waals surface area contributed by atoms with Crippen LogP contribution in [0.2, 0.25) is 0 Å². The first-order valence-corrected chi connectivity index (χ1v) is 8.82. The zero-order valence-corrected chi connectivity index (χ0v) is 18.7. The van der Waals surface area contributed by atoms with E-state index in [-0.39, 0.29) is 48.0 Å². The van der Waals surface area contributed by atoms with Crippen LogP contribution >= 0.6 is 0 Å². The van der Waals surface area contributed by atoms with Crippen LogP contribution in [0.5, 0.6) is 0 Å². The molecule has 2 saturated heterocycles. The Balaban J connectivity index is 0.00000121. The molecule has 5 heteroatoms. The van der Waals surface area contributed by atoms with E-state index in [1.165, 1.54) is 73.9 Å². The average Bonchev–Trinajstić information content (AvgIpc) is 2.38. The predicted molar refractivity (Wildman–Crippen MR) is 82.5 cm³/mol. The Bertz CT molecular complexity index is 323. The molecule has 2 bridgehead atoms. The van der Waals surface area contributed by atoms with Crippen molar-refractivity contribution in [2.45, 2.75) is 32.1 Å². The number of quaternary nitrogens is 2. The van der Waals surface area contributed by atoms with Crippen LogP contribution in [-0.4, -0.2) is 75.5 Å². The van der Waals surface area contributed by atoms with Crippen molar-refractivity contribution in [1.29, 1.82) is 0 Å². The Hall–Kier alpha value is 1.34. The fourth-order valence-electron chi connectivity index (χ4n) is 5.08. The van der Waals surface area contributed by atoms with Gasteiger partial charge in [0.25, 0.3) is 0 Å². The summed E-state index contributed by atoms with van der Waals surface area (Å²) >= 11 is 0. The van der Waals surface area contributed by atoms with Crippen LogP contribution in [0.15, 0.2) is 0 Å². The van der Waals surface area contributed by atoms with E-state index in [1.807, 2.05) is 0 Å². The van der Waals surface area contributed by atoms with Gasteiger partial charge in [0.2, 0.25) is 0 Å². The van der Waals surface area contributed by atoms with Crippen LogP contribution in [0.25, 0.3) is 0 Å². The molecule has 0 spiro atoms. The number of hydrogen-bond acceptors (Lipinski definition) is 1. The number of morpholine rings is 1. The number of likely N-dealkylation sites (tertiary alicyclic amines) is 1. The van der Waals surface area contributed by atoms with Crippen LogP contribution in [0, 0.1) is 11.8 Å². The molecule has 2 heterocycles. The van der Waals surface area contributed by atoms with E-state index in [0.29, 0.717) is 0 Å². The summed E-state index contributed by atoms with van der Waals surface area (Å²) < 4.78 is 8.12. The molecule has 22 heavy (non-hydrogen) atoms. The smallest absolute Gasteiger partial charge is 0.102 e. The number of ether oxygens (including phenoxy) is 1. The largest absolute Gasteiger partial charge is 1.00 e. The van der Waals surface area contributed by atoms with Gasteiger partial charge in [-0.1, -0.05) is 6.42 Å². The molecule has 0 aromatic heterocycles. The van der Waals surface area contributed by atoms with E-state index >= 15 is 0 Å². The molecule has 0 radical (unpaired) electrons. The fraction of sp³-hybridized carbons (Fsp3) is 1.00. The Morgan fingerprint density at radius 2 is 1.41 bits per heavy atom. The van der Waals surface area contributed by atoms with Crippen LogP contribution < -0.4 is 48.0 Å². The van der Waals surface area contributed by atoms with Crippen molar-refractivity contribution in [1.82, 2.24) is 0 Å². The van der Waals surface area contributed by atoms with Crippen LogP contribution in [-0.2, 0) is 4.74 Å². The number of rotatable bonds is 4. The number of piperidine rings is 1. The second-order valence-corrected chi connectivity index (χ2v) is 8.36. The highest BCUT2D eigenvalue weighted by Gasteiger charge is 2.39. The van der Waals surface area contributed by atoms with Gasteiger partial charge in [-0.25, -0.2) is 0 Å². The SMILES string of the molecule is C[N+]1(CCC[N+]2(C)CC3CCCC(C3)C2)CCOCC1.[I-].[I-]. The zero-order valence-electron chi connectivity index (χ0n) is 14.4. The molecule has 2 atom stereocenters. The molecule has 3 aliphatic rings. The summed E-state index contributed by atoms with van der Waals surface area (Å²) in [7, 11) is 4.96. The number of hydrogen-bond donors (Lipinski definition) is 0. The van der Waals surface area contributed by atoms with Crippen molar-refractivity contribution in [3.63, 3.8) is 0 Å². The van der Waals surface area contributed by atoms with Gasteiger partial charge in [-0.3, -0.25) is 0 Å². The highest BCUT2D eigenvalue weighted by atomic mass is 127. The lowest BCUT2D eigenvalue weighted by atomic mass is 9.77. The molecule has 0 aromatic rings. The van der Waals surface area contributed by atoms with E-state index in [4.69, 9.17) is 4.74 Å². The Morgan fingerprint density at radius 3 is 2.00 bits per heavy atom. The van der Waals surface area contributed by atoms with Gasteiger partial charge in [0.1, 0.15) is 13.1 Å². The lowest BCUT2D eigenvalue weighted by Crippen LogP contribution is -3.00. The molecule has 3 nitrogen and oxygen atoms in total. The van der Waals surface area contributed by atoms with Crippen molar-refractivity contribution in [3.05, 3.63) is 0 Å². The van der Waals surface area contributed by atoms with Crippen molar-refractivity contribution in [2.24, 2.45) is 11.8 Å². The molecule has 0 amide bonds. The lowest BCUT2D eigenvalue weighted by molar-refractivity contribution is -0.937. The molecule has 2 aliphatic heterocycles. The third-order valence-electron chi connectivity index (χ3n) is 6.24. The van der Waals surface area contributed by atoms with E-state index in [2.05, 4.69) is 14.1 Å². The first-order valence-electron chi connectivity index (χ1n) is 8.82. The molecule has 132 valence electrons. The fourth-order valence-corrected chi connectivity index (χ4v) is 5.08. The molecular formula is C17H34I2N2O. The minimum absolute atomic E-state index is 0. The van der Waals surface area contributed by atoms with Crippen molar-refractivity contribution < 1.29 is 61.7 Å². The number of nitrogens with zero attached hydrogens (tertiary/aromatic N) is 2. The molecule has 0 aromatic carbocycles. The summed E-state index contributed by atoms with van der Waals surface area (Å²) in [4.78, 5) is 0. The Kier molecular flexibility index (Phi) is 8.90. The highest BCUT2D eigenvalue weighted by Crippen LogP contribution is 2.37. The lowest BCUT2D eigenvalue weighted by Gasteiger charge is -2.47. The number of halogens is 2. The number of likely N-dealkylation sites (N-methyl/N-ethyl adjacent to an activating group) is 1. The molecule has 1 saturated carbocycles. The minimum Gasteiger partial charge on any atom is -1.00 e. The molecule has 0 N–H and O–H groups in total. The van der Waals surface area contributed by atoms with Crippen LogP contribution in [0.3, 0.4) is 0 Å². The third kappa shape index (κ3) is 5.70. The van der Waals surface area contributed by atoms with Crippen molar-refractivity contribution in [2.75, 3.05) is 66.6 Å². The standard InChI is InChI=1S/C17H34N2O.2HI/c1-18(9-11-20-12-10-18)7-4-8-19(2)14-16-5-3-6-17(13-16)15-19;;/h16-17H,3-15H2,1-2H3;2*1H/q+2;;/p-2. The summed E-state index contributed by atoms with van der Waals surface area (Å²) in [6.45, 7) is 10.0. The number of fused-ring (bicyclic) bond motifs is 2. The highest BCUT2D eigenvalue weighted by molar-refractivity contribution is 4.77. The summed E-state index contributed by atoms with van der Waals surface area (Å²) in [6.07, 6.45) is 7.46. The van der Waals surface area contributed by atoms with Gasteiger partial charge < -0.3 is 61.7 Å². The predicted octanol–water partition coefficient (Wildman–Crippen LogP) is -3.87. The average molecular weight is 536 g/mol. The van der Waals surface area contributed by atoms with Crippen molar-refractivity contribution >= 4 is 0 Å². The first kappa shape index (κ1) is 21.4. The topological polar surface area (TPSA) is 9.23 Å². The van der Waals surface area contributed by atoms with Crippen LogP contribution in [0.4, 0.5) is 0 Å². The second-order valence-electron chi connectivity index (χ2n) is 8.36. The molecule has 2 unspecified atom stereocenters. The quantitative estimate of drug-likeness (QED) is 0.264. The van der Waals surface area contributed by atoms with Gasteiger partial charge in [0.15, 0.2) is 0 Å². The first-order chi connectivity index (χ1) is 9.57. The van der Waals surface area contributed by atoms with E-state index < -0.39 is 0 Å². The van der Waals surface area contributed by atoms with E-state index in [1.54, 1.807) is 6.42 Å². The van der Waals surface area contributed by atoms with Crippen molar-refractivity contribution in [3.8, 4) is 0 Å². The Labute approximate surface area is 171 Å². The normalized spacial score (nSPS) is 36.8. The minimum atomic E-state index is 0. The summed E-state index contributed by atoms with van der Waals surface area (Å²) in [5, 5.41) is 0. The van der Waals surface area contributed by atoms with Gasteiger partial charge in [-0.2, -0.15) is 0 Å². The molecule has 3 rings (SSSR count). The van der Waals surface area contributed by atoms with Gasteiger partial charge in [0, 0.05) is 18.3 Å². The molecular weight excluding hydrogens is 502 g/mol. The maximum absolute atomic E-state index is 5.51. The van der Waals surface area contributed by atoms with Gasteiger partial charge in [0.05, 0.1) is 53.5 Å². The summed E-state index contributed by atoms with van der Waals surface area (Å²) in [5.41, 5.74) is 0.